The Morgan fingerprint density at radius 1 is 1.00 bits per heavy atom. The number of nitrogens with zero attached hydrogens (tertiary/aromatic N) is 1. The van der Waals surface area contributed by atoms with E-state index in [1.54, 1.807) is 0 Å². The van der Waals surface area contributed by atoms with Crippen LogP contribution in [0.2, 0.25) is 0 Å². The Hall–Kier alpha value is -1.49. The molecule has 1 aliphatic heterocycles. The van der Waals surface area contributed by atoms with Gasteiger partial charge in [-0.25, -0.2) is 8.78 Å². The van der Waals surface area contributed by atoms with Gasteiger partial charge in [-0.15, -0.1) is 0 Å². The first kappa shape index (κ1) is 17.0. The van der Waals surface area contributed by atoms with Crippen molar-refractivity contribution in [2.24, 2.45) is 5.92 Å². The van der Waals surface area contributed by atoms with Gasteiger partial charge >= 0.3 is 0 Å². The zero-order valence-corrected chi connectivity index (χ0v) is 14.4. The first-order valence-corrected chi connectivity index (χ1v) is 9.51. The quantitative estimate of drug-likeness (QED) is 0.822. The second-order valence-corrected chi connectivity index (χ2v) is 7.65. The Morgan fingerprint density at radius 3 is 2.24 bits per heavy atom. The third-order valence-electron chi connectivity index (χ3n) is 5.92. The molecule has 25 heavy (non-hydrogen) atoms. The molecule has 4 rings (SSSR count). The topological polar surface area (TPSA) is 29.5 Å². The Kier molecular flexibility index (Phi) is 4.76. The molecule has 5 heteroatoms. The molecule has 1 aromatic rings. The number of carbonyl (C=O) groups excluding carboxylic acids is 1. The largest absolute Gasteiger partial charge is 0.375 e. The number of benzene rings is 1. The standard InChI is InChI=1S/C20H25F2NO2/c21-17-6-3-7-18(22)19(17)15-12-16(15)20(24)23-10-8-14(9-11-23)25-13-4-1-2-5-13/h3,6-7,13-16H,1-2,4-5,8-12H2/t15-,16+/m1/s1. The van der Waals surface area contributed by atoms with Crippen LogP contribution in [0.1, 0.15) is 56.4 Å². The summed E-state index contributed by atoms with van der Waals surface area (Å²) in [5, 5.41) is 0. The molecule has 3 aliphatic rings. The van der Waals surface area contributed by atoms with Crippen molar-refractivity contribution in [3.63, 3.8) is 0 Å². The van der Waals surface area contributed by atoms with E-state index in [0.717, 1.165) is 25.7 Å². The van der Waals surface area contributed by atoms with Crippen LogP contribution < -0.4 is 0 Å². The van der Waals surface area contributed by atoms with Gasteiger partial charge in [-0.2, -0.15) is 0 Å². The Morgan fingerprint density at radius 2 is 1.60 bits per heavy atom. The number of piperidine rings is 1. The van der Waals surface area contributed by atoms with Crippen molar-refractivity contribution < 1.29 is 18.3 Å². The van der Waals surface area contributed by atoms with E-state index in [2.05, 4.69) is 0 Å². The highest BCUT2D eigenvalue weighted by Gasteiger charge is 2.48. The van der Waals surface area contributed by atoms with Gasteiger partial charge in [0.25, 0.3) is 0 Å². The van der Waals surface area contributed by atoms with E-state index in [1.165, 1.54) is 31.0 Å². The van der Waals surface area contributed by atoms with Crippen LogP contribution in [0.25, 0.3) is 0 Å². The fourth-order valence-electron chi connectivity index (χ4n) is 4.40. The van der Waals surface area contributed by atoms with E-state index in [9.17, 15) is 13.6 Å². The van der Waals surface area contributed by atoms with Crippen LogP contribution in [0.4, 0.5) is 8.78 Å². The third kappa shape index (κ3) is 3.57. The summed E-state index contributed by atoms with van der Waals surface area (Å²) in [6, 6.07) is 3.90. The molecule has 0 radical (unpaired) electrons. The zero-order valence-electron chi connectivity index (χ0n) is 14.4. The van der Waals surface area contributed by atoms with Gasteiger partial charge in [-0.3, -0.25) is 4.79 Å². The second kappa shape index (κ2) is 7.02. The minimum Gasteiger partial charge on any atom is -0.375 e. The van der Waals surface area contributed by atoms with Gasteiger partial charge in [0.15, 0.2) is 0 Å². The van der Waals surface area contributed by atoms with E-state index >= 15 is 0 Å². The summed E-state index contributed by atoms with van der Waals surface area (Å²) in [5.74, 6) is -1.60. The molecule has 3 fully saturated rings. The normalized spacial score (nSPS) is 27.7. The summed E-state index contributed by atoms with van der Waals surface area (Å²) in [6.45, 7) is 1.39. The highest BCUT2D eigenvalue weighted by molar-refractivity contribution is 5.83. The molecular weight excluding hydrogens is 324 g/mol. The first-order valence-electron chi connectivity index (χ1n) is 9.51. The van der Waals surface area contributed by atoms with Crippen LogP contribution in [0.5, 0.6) is 0 Å². The number of rotatable bonds is 4. The zero-order chi connectivity index (χ0) is 17.4. The fourth-order valence-corrected chi connectivity index (χ4v) is 4.40. The van der Waals surface area contributed by atoms with Gasteiger partial charge in [0.1, 0.15) is 11.6 Å². The maximum Gasteiger partial charge on any atom is 0.226 e. The molecule has 2 atom stereocenters. The molecule has 1 heterocycles. The average Bonchev–Trinajstić information content (AvgIpc) is 3.21. The highest BCUT2D eigenvalue weighted by Crippen LogP contribution is 2.50. The molecule has 1 saturated heterocycles. The van der Waals surface area contributed by atoms with Gasteiger partial charge in [-0.05, 0) is 44.2 Å². The van der Waals surface area contributed by atoms with Crippen LogP contribution in [0.3, 0.4) is 0 Å². The Balaban J connectivity index is 1.30. The van der Waals surface area contributed by atoms with Gasteiger partial charge in [0.05, 0.1) is 12.2 Å². The molecule has 0 bridgehead atoms. The lowest BCUT2D eigenvalue weighted by Gasteiger charge is -2.33. The number of amides is 1. The lowest BCUT2D eigenvalue weighted by molar-refractivity contribution is -0.136. The van der Waals surface area contributed by atoms with Crippen molar-refractivity contribution in [1.29, 1.82) is 0 Å². The molecule has 1 amide bonds. The molecule has 0 aromatic heterocycles. The molecule has 0 unspecified atom stereocenters. The maximum absolute atomic E-state index is 13.9. The van der Waals surface area contributed by atoms with Crippen LogP contribution in [0.15, 0.2) is 18.2 Å². The van der Waals surface area contributed by atoms with Gasteiger partial charge in [-0.1, -0.05) is 18.9 Å². The summed E-state index contributed by atoms with van der Waals surface area (Å²) in [6.07, 6.45) is 7.80. The van der Waals surface area contributed by atoms with E-state index < -0.39 is 11.6 Å². The number of likely N-dealkylation sites (tertiary alicyclic amines) is 1. The predicted octanol–water partition coefficient (Wildman–Crippen LogP) is 4.02. The molecule has 0 spiro atoms. The van der Waals surface area contributed by atoms with Crippen molar-refractivity contribution in [3.8, 4) is 0 Å². The summed E-state index contributed by atoms with van der Waals surface area (Å²) in [4.78, 5) is 14.5. The monoisotopic (exact) mass is 349 g/mol. The van der Waals surface area contributed by atoms with E-state index in [1.807, 2.05) is 4.90 Å². The average molecular weight is 349 g/mol. The lowest BCUT2D eigenvalue weighted by Crippen LogP contribution is -2.42. The van der Waals surface area contributed by atoms with Crippen molar-refractivity contribution in [3.05, 3.63) is 35.4 Å². The maximum atomic E-state index is 13.9. The summed E-state index contributed by atoms with van der Waals surface area (Å²) < 4.78 is 33.9. The minimum atomic E-state index is -0.538. The Bertz CT molecular complexity index is 616. The van der Waals surface area contributed by atoms with Gasteiger partial charge in [0, 0.05) is 30.5 Å². The van der Waals surface area contributed by atoms with Crippen LogP contribution in [-0.4, -0.2) is 36.1 Å². The van der Waals surface area contributed by atoms with E-state index in [0.29, 0.717) is 25.6 Å². The van der Waals surface area contributed by atoms with Gasteiger partial charge in [0.2, 0.25) is 5.91 Å². The fraction of sp³-hybridized carbons (Fsp3) is 0.650. The molecule has 3 nitrogen and oxygen atoms in total. The molecular formula is C20H25F2NO2. The minimum absolute atomic E-state index is 0.0481. The molecule has 2 aliphatic carbocycles. The number of ether oxygens (including phenoxy) is 1. The van der Waals surface area contributed by atoms with E-state index in [-0.39, 0.29) is 29.4 Å². The van der Waals surface area contributed by atoms with Gasteiger partial charge < -0.3 is 9.64 Å². The number of hydrogen-bond donors (Lipinski definition) is 0. The van der Waals surface area contributed by atoms with Crippen molar-refractivity contribution in [2.75, 3.05) is 13.1 Å². The summed E-state index contributed by atoms with van der Waals surface area (Å²) in [5.41, 5.74) is 0.0836. The lowest BCUT2D eigenvalue weighted by atomic mass is 10.0. The van der Waals surface area contributed by atoms with Crippen molar-refractivity contribution in [2.45, 2.75) is 63.1 Å². The number of hydrogen-bond acceptors (Lipinski definition) is 2. The third-order valence-corrected chi connectivity index (χ3v) is 5.92. The van der Waals surface area contributed by atoms with Crippen LogP contribution in [-0.2, 0) is 9.53 Å². The van der Waals surface area contributed by atoms with Crippen LogP contribution in [0, 0.1) is 17.6 Å². The van der Waals surface area contributed by atoms with Crippen molar-refractivity contribution in [1.82, 2.24) is 4.90 Å². The van der Waals surface area contributed by atoms with Crippen LogP contribution >= 0.6 is 0 Å². The summed E-state index contributed by atoms with van der Waals surface area (Å²) >= 11 is 0. The predicted molar refractivity (Wildman–Crippen MR) is 90.1 cm³/mol. The smallest absolute Gasteiger partial charge is 0.226 e. The molecule has 0 N–H and O–H groups in total. The SMILES string of the molecule is O=C([C@H]1C[C@H]1c1c(F)cccc1F)N1CCC(OC2CCCC2)CC1. The first-order chi connectivity index (χ1) is 12.1. The molecule has 136 valence electrons. The Labute approximate surface area is 147 Å². The number of carbonyl (C=O) groups is 1. The molecule has 2 saturated carbocycles. The number of halogens is 2. The summed E-state index contributed by atoms with van der Waals surface area (Å²) in [7, 11) is 0. The highest BCUT2D eigenvalue weighted by atomic mass is 19.1. The van der Waals surface area contributed by atoms with Crippen molar-refractivity contribution >= 4 is 5.91 Å². The second-order valence-electron chi connectivity index (χ2n) is 7.65. The van der Waals surface area contributed by atoms with E-state index in [4.69, 9.17) is 4.74 Å². The molecule has 1 aromatic carbocycles.